The van der Waals surface area contributed by atoms with Crippen LogP contribution >= 0.6 is 37.2 Å². The van der Waals surface area contributed by atoms with Gasteiger partial charge in [-0.1, -0.05) is 181 Å². The number of aryl methyl sites for hydroxylation is 4. The van der Waals surface area contributed by atoms with Crippen LogP contribution in [0.3, 0.4) is 0 Å². The van der Waals surface area contributed by atoms with E-state index < -0.39 is 0 Å². The van der Waals surface area contributed by atoms with Crippen LogP contribution in [0.4, 0.5) is 0 Å². The van der Waals surface area contributed by atoms with Crippen molar-refractivity contribution >= 4 is 37.2 Å². The number of halogens is 3. The summed E-state index contributed by atoms with van der Waals surface area (Å²) in [7, 11) is 0. The quantitative estimate of drug-likeness (QED) is 0.0639. The van der Waals surface area contributed by atoms with Gasteiger partial charge in [-0.25, -0.2) is 9.97 Å². The minimum absolute atomic E-state index is 0. The Morgan fingerprint density at radius 3 is 0.873 bits per heavy atom. The van der Waals surface area contributed by atoms with E-state index in [9.17, 15) is 0 Å². The monoisotopic (exact) mass is 943 g/mol. The minimum Gasteiger partial charge on any atom is -0.335 e. The predicted octanol–water partition coefficient (Wildman–Crippen LogP) is 16.8. The van der Waals surface area contributed by atoms with Gasteiger partial charge in [-0.3, -0.25) is 0 Å². The molecule has 372 valence electrons. The summed E-state index contributed by atoms with van der Waals surface area (Å²) in [4.78, 5) is 14.1. The molecular formula is C54H105Cl3N6. The molecule has 9 heteroatoms. The van der Waals surface area contributed by atoms with Crippen LogP contribution in [0.1, 0.15) is 244 Å². The van der Waals surface area contributed by atoms with E-state index in [4.69, 9.17) is 0 Å². The third kappa shape index (κ3) is 32.5. The Labute approximate surface area is 410 Å². The molecule has 2 aliphatic heterocycles. The average Bonchev–Trinajstić information content (AvgIpc) is 3.89. The van der Waals surface area contributed by atoms with Gasteiger partial charge in [0.2, 0.25) is 0 Å². The standard InChI is InChI=1S/2C27H51N3.3ClH/c2*1-3-4-5-6-7-8-9-10-11-12-13-14-15-16-21-29-22-17-27(18-23-29)19-24-30-25-20-28-26(30)2;;;/h2*20,25,27H,3-19,21-24H2,1-2H3;3*1H. The Bertz CT molecular complexity index is 1110. The Hall–Kier alpha value is -0.790. The zero-order chi connectivity index (χ0) is 42.6. The van der Waals surface area contributed by atoms with Crippen molar-refractivity contribution in [2.24, 2.45) is 11.8 Å². The zero-order valence-electron chi connectivity index (χ0n) is 42.1. The lowest BCUT2D eigenvalue weighted by Gasteiger charge is -2.32. The normalized spacial score (nSPS) is 15.0. The molecule has 2 aliphatic rings. The molecule has 0 saturated carbocycles. The summed E-state index contributed by atoms with van der Waals surface area (Å²) < 4.78 is 4.61. The first-order valence-electron chi connectivity index (χ1n) is 27.0. The number of hydrogen-bond acceptors (Lipinski definition) is 4. The number of hydrogen-bond donors (Lipinski definition) is 0. The van der Waals surface area contributed by atoms with Crippen molar-refractivity contribution in [3.05, 3.63) is 36.4 Å². The molecule has 63 heavy (non-hydrogen) atoms. The van der Waals surface area contributed by atoms with Gasteiger partial charge in [-0.05, 0) is 116 Å². The Kier molecular flexibility index (Phi) is 43.2. The first-order valence-corrected chi connectivity index (χ1v) is 27.0. The van der Waals surface area contributed by atoms with E-state index in [0.29, 0.717) is 0 Å². The zero-order valence-corrected chi connectivity index (χ0v) is 44.5. The molecule has 0 atom stereocenters. The van der Waals surface area contributed by atoms with E-state index in [1.54, 1.807) is 0 Å². The molecule has 0 unspecified atom stereocenters. The Morgan fingerprint density at radius 1 is 0.381 bits per heavy atom. The molecule has 4 rings (SSSR count). The highest BCUT2D eigenvalue weighted by molar-refractivity contribution is 5.86. The Morgan fingerprint density at radius 2 is 0.635 bits per heavy atom. The van der Waals surface area contributed by atoms with Crippen LogP contribution in [0, 0.1) is 25.7 Å². The molecule has 0 aromatic carbocycles. The van der Waals surface area contributed by atoms with Crippen LogP contribution < -0.4 is 0 Å². The third-order valence-electron chi connectivity index (χ3n) is 14.5. The molecule has 0 radical (unpaired) electrons. The second kappa shape index (κ2) is 43.8. The molecule has 0 amide bonds. The lowest BCUT2D eigenvalue weighted by atomic mass is 9.93. The number of imidazole rings is 2. The van der Waals surface area contributed by atoms with Crippen molar-refractivity contribution in [2.75, 3.05) is 39.3 Å². The first kappa shape index (κ1) is 62.2. The van der Waals surface area contributed by atoms with Crippen LogP contribution in [-0.4, -0.2) is 68.2 Å². The van der Waals surface area contributed by atoms with Crippen molar-refractivity contribution in [2.45, 2.75) is 259 Å². The van der Waals surface area contributed by atoms with Crippen LogP contribution in [0.15, 0.2) is 24.8 Å². The van der Waals surface area contributed by atoms with Crippen molar-refractivity contribution in [1.29, 1.82) is 0 Å². The number of nitrogens with zero attached hydrogens (tertiary/aromatic N) is 6. The molecular weight excluding hydrogens is 839 g/mol. The topological polar surface area (TPSA) is 42.1 Å². The van der Waals surface area contributed by atoms with Gasteiger partial charge >= 0.3 is 0 Å². The highest BCUT2D eigenvalue weighted by Gasteiger charge is 2.20. The van der Waals surface area contributed by atoms with Crippen LogP contribution in [0.5, 0.6) is 0 Å². The second-order valence-corrected chi connectivity index (χ2v) is 19.7. The maximum atomic E-state index is 4.34. The summed E-state index contributed by atoms with van der Waals surface area (Å²) >= 11 is 0. The van der Waals surface area contributed by atoms with Gasteiger partial charge in [-0.15, -0.1) is 37.2 Å². The Balaban J connectivity index is 0.00000116. The highest BCUT2D eigenvalue weighted by Crippen LogP contribution is 2.24. The number of aromatic nitrogens is 4. The summed E-state index contributed by atoms with van der Waals surface area (Å²) in [6.45, 7) is 19.1. The van der Waals surface area contributed by atoms with Gasteiger partial charge in [0.1, 0.15) is 11.6 Å². The van der Waals surface area contributed by atoms with Gasteiger partial charge < -0.3 is 18.9 Å². The maximum absolute atomic E-state index is 4.34. The SMILES string of the molecule is CCCCCCCCCCCCCCCCN1CCC(CCn2ccnc2C)CC1.CCCCCCCCCCCCCCCCN1CCC(CCn2ccnc2C)CC1.Cl.Cl.Cl. The molecule has 2 aromatic heterocycles. The summed E-state index contributed by atoms with van der Waals surface area (Å²) in [5, 5.41) is 0. The fourth-order valence-electron chi connectivity index (χ4n) is 9.98. The van der Waals surface area contributed by atoms with Crippen LogP contribution in [-0.2, 0) is 13.1 Å². The highest BCUT2D eigenvalue weighted by atomic mass is 35.5. The van der Waals surface area contributed by atoms with E-state index in [2.05, 4.69) is 69.0 Å². The third-order valence-corrected chi connectivity index (χ3v) is 14.5. The van der Waals surface area contributed by atoms with Crippen molar-refractivity contribution in [3.8, 4) is 0 Å². The number of piperidine rings is 2. The lowest BCUT2D eigenvalue weighted by Crippen LogP contribution is -2.34. The van der Waals surface area contributed by atoms with E-state index in [-0.39, 0.29) is 37.2 Å². The summed E-state index contributed by atoms with van der Waals surface area (Å²) in [5.74, 6) is 4.15. The average molecular weight is 945 g/mol. The van der Waals surface area contributed by atoms with Gasteiger partial charge in [-0.2, -0.15) is 0 Å². The van der Waals surface area contributed by atoms with E-state index in [0.717, 1.165) is 36.6 Å². The molecule has 4 heterocycles. The van der Waals surface area contributed by atoms with E-state index in [1.807, 2.05) is 12.4 Å². The predicted molar refractivity (Wildman–Crippen MR) is 284 cm³/mol. The van der Waals surface area contributed by atoms with Gasteiger partial charge in [0.05, 0.1) is 0 Å². The minimum atomic E-state index is 0. The van der Waals surface area contributed by atoms with Crippen molar-refractivity contribution < 1.29 is 0 Å². The largest absolute Gasteiger partial charge is 0.335 e. The summed E-state index contributed by atoms with van der Waals surface area (Å²) in [6, 6.07) is 0. The second-order valence-electron chi connectivity index (χ2n) is 19.7. The molecule has 2 aromatic rings. The van der Waals surface area contributed by atoms with Crippen LogP contribution in [0.25, 0.3) is 0 Å². The summed E-state index contributed by atoms with van der Waals surface area (Å²) in [6.07, 6.45) is 57.0. The first-order chi connectivity index (χ1) is 29.6. The van der Waals surface area contributed by atoms with Gasteiger partial charge in [0.25, 0.3) is 0 Å². The molecule has 2 saturated heterocycles. The molecule has 0 N–H and O–H groups in total. The van der Waals surface area contributed by atoms with Gasteiger partial charge in [0.15, 0.2) is 0 Å². The van der Waals surface area contributed by atoms with E-state index in [1.165, 1.54) is 258 Å². The lowest BCUT2D eigenvalue weighted by molar-refractivity contribution is 0.173. The van der Waals surface area contributed by atoms with Gasteiger partial charge in [0, 0.05) is 37.9 Å². The molecule has 2 fully saturated rings. The maximum Gasteiger partial charge on any atom is 0.105 e. The van der Waals surface area contributed by atoms with E-state index >= 15 is 0 Å². The number of likely N-dealkylation sites (tertiary alicyclic amines) is 2. The van der Waals surface area contributed by atoms with Crippen molar-refractivity contribution in [3.63, 3.8) is 0 Å². The fourth-order valence-corrected chi connectivity index (χ4v) is 9.98. The molecule has 6 nitrogen and oxygen atoms in total. The molecule has 0 aliphatic carbocycles. The fraction of sp³-hybridized carbons (Fsp3) is 0.889. The summed E-state index contributed by atoms with van der Waals surface area (Å²) in [5.41, 5.74) is 0. The van der Waals surface area contributed by atoms with Crippen molar-refractivity contribution in [1.82, 2.24) is 28.9 Å². The smallest absolute Gasteiger partial charge is 0.105 e. The number of rotatable bonds is 36. The van der Waals surface area contributed by atoms with Crippen LogP contribution in [0.2, 0.25) is 0 Å². The molecule has 0 bridgehead atoms. The number of unbranched alkanes of at least 4 members (excludes halogenated alkanes) is 26. The molecule has 0 spiro atoms.